The van der Waals surface area contributed by atoms with E-state index in [4.69, 9.17) is 10.5 Å². The monoisotopic (exact) mass is 502 g/mol. The van der Waals surface area contributed by atoms with Crippen LogP contribution in [0.5, 0.6) is 0 Å². The Morgan fingerprint density at radius 1 is 1.03 bits per heavy atom. The van der Waals surface area contributed by atoms with Crippen molar-refractivity contribution in [1.29, 1.82) is 0 Å². The first kappa shape index (κ1) is 27.0. The van der Waals surface area contributed by atoms with Gasteiger partial charge in [0.2, 0.25) is 5.91 Å². The van der Waals surface area contributed by atoms with Gasteiger partial charge in [-0.05, 0) is 62.9 Å². The number of rotatable bonds is 7. The second kappa shape index (κ2) is 9.46. The molecular weight excluding hydrogens is 474 g/mol. The zero-order valence-electron chi connectivity index (χ0n) is 19.6. The van der Waals surface area contributed by atoms with Crippen molar-refractivity contribution >= 4 is 5.91 Å². The summed E-state index contributed by atoms with van der Waals surface area (Å²) < 4.78 is 85.3. The number of carbonyl (C=O) groups is 1. The Bertz CT molecular complexity index is 1010. The number of alkyl halides is 6. The molecule has 4 nitrogen and oxygen atoms in total. The zero-order chi connectivity index (χ0) is 26.2. The van der Waals surface area contributed by atoms with Crippen molar-refractivity contribution in [2.75, 3.05) is 6.61 Å². The van der Waals surface area contributed by atoms with Crippen LogP contribution in [0.3, 0.4) is 0 Å². The third-order valence-corrected chi connectivity index (χ3v) is 6.27. The maximum atomic E-state index is 13.2. The van der Waals surface area contributed by atoms with Gasteiger partial charge in [-0.15, -0.1) is 0 Å². The van der Waals surface area contributed by atoms with Gasteiger partial charge in [0.25, 0.3) is 0 Å². The highest BCUT2D eigenvalue weighted by Gasteiger charge is 2.47. The molecule has 2 aromatic carbocycles. The molecule has 0 aliphatic heterocycles. The summed E-state index contributed by atoms with van der Waals surface area (Å²) in [6.45, 7) is 4.64. The first-order valence-corrected chi connectivity index (χ1v) is 11.1. The Hall–Kier alpha value is -2.59. The molecule has 3 rings (SSSR count). The molecule has 1 fully saturated rings. The number of nitrogens with two attached hydrogens (primary N) is 1. The highest BCUT2D eigenvalue weighted by molar-refractivity contribution is 5.85. The number of benzene rings is 2. The average molecular weight is 502 g/mol. The molecule has 1 saturated carbocycles. The zero-order valence-corrected chi connectivity index (χ0v) is 19.6. The van der Waals surface area contributed by atoms with E-state index >= 15 is 0 Å². The summed E-state index contributed by atoms with van der Waals surface area (Å²) in [5.74, 6) is -0.318. The molecule has 0 radical (unpaired) electrons. The van der Waals surface area contributed by atoms with Gasteiger partial charge in [0.1, 0.15) is 0 Å². The molecule has 1 atom stereocenters. The lowest BCUT2D eigenvalue weighted by molar-refractivity contribution is -0.143. The van der Waals surface area contributed by atoms with Crippen LogP contribution in [0.25, 0.3) is 0 Å². The Labute approximate surface area is 199 Å². The molecule has 1 amide bonds. The Kier molecular flexibility index (Phi) is 7.30. The standard InChI is InChI=1S/C25H28F6N2O2/c1-15(16-9-18(24(26,27)28)11-19(10-16)25(29,30)31)35-14-23(17-7-5-4-6-8-17)12-20(13-23)33-21(34)22(2,3)32/h4-11,15,20H,12-14,32H2,1-3H3,(H,33,34)/t15-,20?,23?/m1/s1. The summed E-state index contributed by atoms with van der Waals surface area (Å²) >= 11 is 0. The second-order valence-electron chi connectivity index (χ2n) is 9.74. The molecule has 0 heterocycles. The van der Waals surface area contributed by atoms with Crippen LogP contribution in [0.2, 0.25) is 0 Å². The fourth-order valence-electron chi connectivity index (χ4n) is 4.18. The van der Waals surface area contributed by atoms with Crippen molar-refractivity contribution in [3.63, 3.8) is 0 Å². The molecule has 0 unspecified atom stereocenters. The van der Waals surface area contributed by atoms with Crippen molar-refractivity contribution in [1.82, 2.24) is 5.32 Å². The van der Waals surface area contributed by atoms with E-state index in [0.717, 1.165) is 5.56 Å². The molecular formula is C25H28F6N2O2. The Morgan fingerprint density at radius 2 is 1.54 bits per heavy atom. The number of ether oxygens (including phenoxy) is 1. The normalized spacial score (nSPS) is 21.8. The van der Waals surface area contributed by atoms with Crippen LogP contribution >= 0.6 is 0 Å². The molecule has 35 heavy (non-hydrogen) atoms. The lowest BCUT2D eigenvalue weighted by Crippen LogP contribution is -2.60. The van der Waals surface area contributed by atoms with Crippen molar-refractivity contribution in [2.24, 2.45) is 5.73 Å². The number of hydrogen-bond donors (Lipinski definition) is 2. The van der Waals surface area contributed by atoms with Crippen LogP contribution in [0.1, 0.15) is 62.0 Å². The smallest absolute Gasteiger partial charge is 0.373 e. The minimum Gasteiger partial charge on any atom is -0.373 e. The summed E-state index contributed by atoms with van der Waals surface area (Å²) in [4.78, 5) is 12.2. The number of nitrogens with one attached hydrogen (secondary N) is 1. The predicted octanol–water partition coefficient (Wildman–Crippen LogP) is 5.76. The third-order valence-electron chi connectivity index (χ3n) is 6.27. The van der Waals surface area contributed by atoms with Gasteiger partial charge >= 0.3 is 12.4 Å². The lowest BCUT2D eigenvalue weighted by Gasteiger charge is -2.49. The van der Waals surface area contributed by atoms with Crippen LogP contribution in [-0.2, 0) is 27.3 Å². The average Bonchev–Trinajstić information content (AvgIpc) is 2.73. The van der Waals surface area contributed by atoms with Crippen molar-refractivity contribution in [2.45, 2.75) is 69.1 Å². The van der Waals surface area contributed by atoms with Crippen molar-refractivity contribution in [3.8, 4) is 0 Å². The first-order valence-electron chi connectivity index (χ1n) is 11.1. The number of carbonyl (C=O) groups excluding carboxylic acids is 1. The third kappa shape index (κ3) is 6.35. The molecule has 1 aliphatic carbocycles. The fourth-order valence-corrected chi connectivity index (χ4v) is 4.18. The number of halogens is 6. The van der Waals surface area contributed by atoms with Crippen LogP contribution in [0, 0.1) is 0 Å². The molecule has 2 aromatic rings. The van der Waals surface area contributed by atoms with E-state index in [1.807, 2.05) is 30.3 Å². The van der Waals surface area contributed by atoms with E-state index in [0.29, 0.717) is 25.0 Å². The topological polar surface area (TPSA) is 64.3 Å². The highest BCUT2D eigenvalue weighted by atomic mass is 19.4. The van der Waals surface area contributed by atoms with E-state index in [1.165, 1.54) is 6.92 Å². The van der Waals surface area contributed by atoms with Crippen molar-refractivity contribution < 1.29 is 35.9 Å². The SMILES string of the molecule is C[C@@H](OCC1(c2ccccc2)CC(NC(=O)C(C)(C)N)C1)c1cc(C(F)(F)F)cc(C(F)(F)F)c1. The van der Waals surface area contributed by atoms with Crippen molar-refractivity contribution in [3.05, 3.63) is 70.8 Å². The van der Waals surface area contributed by atoms with Crippen LogP contribution in [-0.4, -0.2) is 24.1 Å². The van der Waals surface area contributed by atoms with E-state index in [2.05, 4.69) is 5.32 Å². The van der Waals surface area contributed by atoms with Gasteiger partial charge in [-0.25, -0.2) is 0 Å². The summed E-state index contributed by atoms with van der Waals surface area (Å²) in [6, 6.07) is 10.5. The Morgan fingerprint density at radius 3 is 2.00 bits per heavy atom. The largest absolute Gasteiger partial charge is 0.416 e. The van der Waals surface area contributed by atoms with Gasteiger partial charge in [-0.2, -0.15) is 26.3 Å². The lowest BCUT2D eigenvalue weighted by atomic mass is 9.62. The molecule has 10 heteroatoms. The fraction of sp³-hybridized carbons (Fsp3) is 0.480. The predicted molar refractivity (Wildman–Crippen MR) is 118 cm³/mol. The summed E-state index contributed by atoms with van der Waals surface area (Å²) in [5.41, 5.74) is 2.14. The molecule has 0 saturated heterocycles. The van der Waals surface area contributed by atoms with Gasteiger partial charge < -0.3 is 15.8 Å². The molecule has 0 bridgehead atoms. The van der Waals surface area contributed by atoms with Gasteiger partial charge in [0, 0.05) is 11.5 Å². The van der Waals surface area contributed by atoms with E-state index in [1.54, 1.807) is 13.8 Å². The first-order chi connectivity index (χ1) is 16.0. The van der Waals surface area contributed by atoms with E-state index in [-0.39, 0.29) is 30.2 Å². The van der Waals surface area contributed by atoms with Gasteiger partial charge in [-0.3, -0.25) is 4.79 Å². The highest BCUT2D eigenvalue weighted by Crippen LogP contribution is 2.45. The number of amides is 1. The number of hydrogen-bond acceptors (Lipinski definition) is 3. The quantitative estimate of drug-likeness (QED) is 0.474. The van der Waals surface area contributed by atoms with Crippen LogP contribution in [0.15, 0.2) is 48.5 Å². The maximum absolute atomic E-state index is 13.2. The van der Waals surface area contributed by atoms with E-state index in [9.17, 15) is 31.1 Å². The van der Waals surface area contributed by atoms with Gasteiger partial charge in [-0.1, -0.05) is 30.3 Å². The second-order valence-corrected chi connectivity index (χ2v) is 9.74. The molecule has 1 aliphatic rings. The Balaban J connectivity index is 1.81. The summed E-state index contributed by atoms with van der Waals surface area (Å²) in [5, 5.41) is 2.88. The molecule has 0 spiro atoms. The van der Waals surface area contributed by atoms with E-state index < -0.39 is 40.5 Å². The molecule has 0 aromatic heterocycles. The maximum Gasteiger partial charge on any atom is 0.416 e. The minimum absolute atomic E-state index is 0.0498. The molecule has 192 valence electrons. The summed E-state index contributed by atoms with van der Waals surface area (Å²) in [7, 11) is 0. The van der Waals surface area contributed by atoms with Gasteiger partial charge in [0.05, 0.1) is 29.4 Å². The van der Waals surface area contributed by atoms with Crippen LogP contribution in [0.4, 0.5) is 26.3 Å². The van der Waals surface area contributed by atoms with Gasteiger partial charge in [0.15, 0.2) is 0 Å². The summed E-state index contributed by atoms with van der Waals surface area (Å²) in [6.07, 6.45) is -9.92. The molecule has 3 N–H and O–H groups in total. The minimum atomic E-state index is -4.93. The van der Waals surface area contributed by atoms with Crippen LogP contribution < -0.4 is 11.1 Å².